The van der Waals surface area contributed by atoms with Crippen molar-refractivity contribution in [1.82, 2.24) is 10.3 Å². The number of rotatable bonds is 5. The lowest BCUT2D eigenvalue weighted by Gasteiger charge is -2.06. The number of thiazole rings is 1. The van der Waals surface area contributed by atoms with E-state index >= 15 is 0 Å². The Hall–Kier alpha value is -2.73. The first kappa shape index (κ1) is 15.8. The Morgan fingerprint density at radius 3 is 2.56 bits per heavy atom. The van der Waals surface area contributed by atoms with Gasteiger partial charge in [-0.2, -0.15) is 0 Å². The number of amides is 2. The SMILES string of the molecule is O=C(Cc1ccc(NC(=O)c2nc3ccccc3s2)cc1)NC1CC1. The Kier molecular flexibility index (Phi) is 4.19. The number of hydrogen-bond donors (Lipinski definition) is 2. The van der Waals surface area contributed by atoms with E-state index < -0.39 is 0 Å². The predicted octanol–water partition coefficient (Wildman–Crippen LogP) is 3.37. The van der Waals surface area contributed by atoms with Gasteiger partial charge in [-0.1, -0.05) is 24.3 Å². The topological polar surface area (TPSA) is 71.1 Å². The maximum Gasteiger partial charge on any atom is 0.284 e. The smallest absolute Gasteiger partial charge is 0.284 e. The van der Waals surface area contributed by atoms with E-state index in [0.29, 0.717) is 23.2 Å². The molecule has 6 heteroatoms. The number of anilines is 1. The fourth-order valence-electron chi connectivity index (χ4n) is 2.55. The normalized spacial score (nSPS) is 13.6. The van der Waals surface area contributed by atoms with Gasteiger partial charge in [0, 0.05) is 11.7 Å². The molecule has 2 amide bonds. The van der Waals surface area contributed by atoms with E-state index in [1.165, 1.54) is 11.3 Å². The number of aromatic nitrogens is 1. The molecule has 126 valence electrons. The van der Waals surface area contributed by atoms with Crippen molar-refractivity contribution in [1.29, 1.82) is 0 Å². The summed E-state index contributed by atoms with van der Waals surface area (Å²) >= 11 is 1.37. The highest BCUT2D eigenvalue weighted by atomic mass is 32.1. The van der Waals surface area contributed by atoms with Crippen molar-refractivity contribution in [3.05, 3.63) is 59.1 Å². The summed E-state index contributed by atoms with van der Waals surface area (Å²) in [7, 11) is 0. The highest BCUT2D eigenvalue weighted by molar-refractivity contribution is 7.20. The predicted molar refractivity (Wildman–Crippen MR) is 98.9 cm³/mol. The highest BCUT2D eigenvalue weighted by Crippen LogP contribution is 2.22. The van der Waals surface area contributed by atoms with Crippen molar-refractivity contribution >= 4 is 39.1 Å². The molecule has 0 spiro atoms. The summed E-state index contributed by atoms with van der Waals surface area (Å²) < 4.78 is 0.990. The van der Waals surface area contributed by atoms with Gasteiger partial charge in [-0.05, 0) is 42.7 Å². The second kappa shape index (κ2) is 6.64. The minimum Gasteiger partial charge on any atom is -0.353 e. The quantitative estimate of drug-likeness (QED) is 0.740. The fourth-order valence-corrected chi connectivity index (χ4v) is 3.41. The maximum absolute atomic E-state index is 12.3. The zero-order valence-electron chi connectivity index (χ0n) is 13.5. The van der Waals surface area contributed by atoms with Crippen molar-refractivity contribution in [2.45, 2.75) is 25.3 Å². The molecule has 1 saturated carbocycles. The van der Waals surface area contributed by atoms with Gasteiger partial charge in [-0.25, -0.2) is 4.98 Å². The molecule has 1 aromatic heterocycles. The van der Waals surface area contributed by atoms with Gasteiger partial charge in [0.25, 0.3) is 5.91 Å². The molecule has 2 aromatic carbocycles. The summed E-state index contributed by atoms with van der Waals surface area (Å²) in [5.41, 5.74) is 2.45. The molecule has 2 N–H and O–H groups in total. The van der Waals surface area contributed by atoms with Crippen LogP contribution in [0.4, 0.5) is 5.69 Å². The molecule has 1 aliphatic carbocycles. The van der Waals surface area contributed by atoms with Crippen LogP contribution in [0.15, 0.2) is 48.5 Å². The van der Waals surface area contributed by atoms with E-state index in [2.05, 4.69) is 15.6 Å². The maximum atomic E-state index is 12.3. The molecule has 5 nitrogen and oxygen atoms in total. The van der Waals surface area contributed by atoms with Crippen molar-refractivity contribution < 1.29 is 9.59 Å². The van der Waals surface area contributed by atoms with Crippen molar-refractivity contribution in [3.8, 4) is 0 Å². The Morgan fingerprint density at radius 2 is 1.84 bits per heavy atom. The molecular weight excluding hydrogens is 334 g/mol. The largest absolute Gasteiger partial charge is 0.353 e. The van der Waals surface area contributed by atoms with Gasteiger partial charge >= 0.3 is 0 Å². The molecule has 1 aliphatic rings. The first-order chi connectivity index (χ1) is 12.2. The van der Waals surface area contributed by atoms with Gasteiger partial charge in [-0.3, -0.25) is 9.59 Å². The zero-order valence-corrected chi connectivity index (χ0v) is 14.3. The number of hydrogen-bond acceptors (Lipinski definition) is 4. The van der Waals surface area contributed by atoms with E-state index in [0.717, 1.165) is 28.6 Å². The Bertz CT molecular complexity index is 896. The van der Waals surface area contributed by atoms with Crippen LogP contribution in [0.3, 0.4) is 0 Å². The van der Waals surface area contributed by atoms with Gasteiger partial charge < -0.3 is 10.6 Å². The Morgan fingerprint density at radius 1 is 1.08 bits per heavy atom. The molecule has 4 rings (SSSR count). The third kappa shape index (κ3) is 3.85. The molecule has 3 aromatic rings. The van der Waals surface area contributed by atoms with E-state index in [1.807, 2.05) is 48.5 Å². The minimum absolute atomic E-state index is 0.0498. The molecule has 1 heterocycles. The van der Waals surface area contributed by atoms with Crippen LogP contribution >= 0.6 is 11.3 Å². The molecule has 0 unspecified atom stereocenters. The summed E-state index contributed by atoms with van der Waals surface area (Å²) in [6, 6.07) is 15.4. The van der Waals surface area contributed by atoms with E-state index in [9.17, 15) is 9.59 Å². The van der Waals surface area contributed by atoms with Gasteiger partial charge in [-0.15, -0.1) is 11.3 Å². The lowest BCUT2D eigenvalue weighted by Crippen LogP contribution is -2.26. The molecule has 0 atom stereocenters. The van der Waals surface area contributed by atoms with Crippen LogP contribution < -0.4 is 10.6 Å². The van der Waals surface area contributed by atoms with Crippen LogP contribution in [0.1, 0.15) is 28.2 Å². The molecular formula is C19H17N3O2S. The number of benzene rings is 2. The van der Waals surface area contributed by atoms with Crippen LogP contribution in [0.25, 0.3) is 10.2 Å². The minimum atomic E-state index is -0.222. The second-order valence-electron chi connectivity index (χ2n) is 6.16. The molecule has 0 radical (unpaired) electrons. The van der Waals surface area contributed by atoms with Crippen molar-refractivity contribution in [2.75, 3.05) is 5.32 Å². The number of nitrogens with one attached hydrogen (secondary N) is 2. The fraction of sp³-hybridized carbons (Fsp3) is 0.211. The summed E-state index contributed by atoms with van der Waals surface area (Å²) in [5, 5.41) is 6.26. The van der Waals surface area contributed by atoms with E-state index in [-0.39, 0.29) is 11.8 Å². The standard InChI is InChI=1S/C19H17N3O2S/c23-17(20-13-9-10-13)11-12-5-7-14(8-6-12)21-18(24)19-22-15-3-1-2-4-16(15)25-19/h1-8,13H,9-11H2,(H,20,23)(H,21,24). The average molecular weight is 351 g/mol. The summed E-state index contributed by atoms with van der Waals surface area (Å²) in [5.74, 6) is -0.172. The highest BCUT2D eigenvalue weighted by Gasteiger charge is 2.23. The third-order valence-electron chi connectivity index (χ3n) is 4.01. The van der Waals surface area contributed by atoms with E-state index in [4.69, 9.17) is 0 Å². The molecule has 25 heavy (non-hydrogen) atoms. The van der Waals surface area contributed by atoms with Crippen LogP contribution in [0.5, 0.6) is 0 Å². The number of fused-ring (bicyclic) bond motifs is 1. The van der Waals surface area contributed by atoms with E-state index in [1.54, 1.807) is 0 Å². The van der Waals surface area contributed by atoms with Gasteiger partial charge in [0.2, 0.25) is 5.91 Å². The van der Waals surface area contributed by atoms with Gasteiger partial charge in [0.1, 0.15) is 0 Å². The number of nitrogens with zero attached hydrogens (tertiary/aromatic N) is 1. The second-order valence-corrected chi connectivity index (χ2v) is 7.19. The molecule has 0 bridgehead atoms. The van der Waals surface area contributed by atoms with Gasteiger partial charge in [0.15, 0.2) is 5.01 Å². The Labute approximate surface area is 149 Å². The monoisotopic (exact) mass is 351 g/mol. The third-order valence-corrected chi connectivity index (χ3v) is 5.04. The van der Waals surface area contributed by atoms with Crippen molar-refractivity contribution in [2.24, 2.45) is 0 Å². The first-order valence-electron chi connectivity index (χ1n) is 8.22. The number of carbonyl (C=O) groups excluding carboxylic acids is 2. The summed E-state index contributed by atoms with van der Waals surface area (Å²) in [6.45, 7) is 0. The van der Waals surface area contributed by atoms with Crippen molar-refractivity contribution in [3.63, 3.8) is 0 Å². The number of carbonyl (C=O) groups is 2. The van der Waals surface area contributed by atoms with Crippen LogP contribution in [0.2, 0.25) is 0 Å². The zero-order chi connectivity index (χ0) is 17.2. The molecule has 1 fully saturated rings. The lowest BCUT2D eigenvalue weighted by molar-refractivity contribution is -0.120. The van der Waals surface area contributed by atoms with Gasteiger partial charge in [0.05, 0.1) is 16.6 Å². The average Bonchev–Trinajstić information content (AvgIpc) is 3.30. The Balaban J connectivity index is 1.39. The number of para-hydroxylation sites is 1. The van der Waals surface area contributed by atoms with Crippen LogP contribution in [0, 0.1) is 0 Å². The summed E-state index contributed by atoms with van der Waals surface area (Å²) in [4.78, 5) is 28.5. The molecule has 0 saturated heterocycles. The summed E-state index contributed by atoms with van der Waals surface area (Å²) in [6.07, 6.45) is 2.54. The van der Waals surface area contributed by atoms with Crippen LogP contribution in [-0.4, -0.2) is 22.8 Å². The molecule has 0 aliphatic heterocycles. The van der Waals surface area contributed by atoms with Crippen LogP contribution in [-0.2, 0) is 11.2 Å². The first-order valence-corrected chi connectivity index (χ1v) is 9.04. The lowest BCUT2D eigenvalue weighted by atomic mass is 10.1.